The molecule has 1 unspecified atom stereocenters. The monoisotopic (exact) mass is 251 g/mol. The van der Waals surface area contributed by atoms with E-state index in [4.69, 9.17) is 9.84 Å². The highest BCUT2D eigenvalue weighted by atomic mass is 16.5. The zero-order chi connectivity index (χ0) is 13.5. The third-order valence-electron chi connectivity index (χ3n) is 2.85. The van der Waals surface area contributed by atoms with Crippen molar-refractivity contribution in [1.29, 1.82) is 0 Å². The van der Waals surface area contributed by atoms with Crippen LogP contribution in [-0.2, 0) is 4.79 Å². The summed E-state index contributed by atoms with van der Waals surface area (Å²) in [6.07, 6.45) is 0.442. The SMILES string of the molecule is CNC(CCOc1cccc(C(C)C)c1)C(=O)O. The average Bonchev–Trinajstić information content (AvgIpc) is 2.34. The van der Waals surface area contributed by atoms with Crippen LogP contribution in [0.25, 0.3) is 0 Å². The van der Waals surface area contributed by atoms with Gasteiger partial charge in [-0.3, -0.25) is 4.79 Å². The molecule has 0 aromatic heterocycles. The van der Waals surface area contributed by atoms with Crippen molar-refractivity contribution >= 4 is 5.97 Å². The van der Waals surface area contributed by atoms with Crippen molar-refractivity contribution in [2.45, 2.75) is 32.2 Å². The van der Waals surface area contributed by atoms with Crippen molar-refractivity contribution in [3.05, 3.63) is 29.8 Å². The van der Waals surface area contributed by atoms with Gasteiger partial charge in [0.15, 0.2) is 0 Å². The highest BCUT2D eigenvalue weighted by molar-refractivity contribution is 5.73. The molecule has 0 fully saturated rings. The summed E-state index contributed by atoms with van der Waals surface area (Å²) in [5, 5.41) is 11.6. The molecule has 0 amide bonds. The Morgan fingerprint density at radius 3 is 2.72 bits per heavy atom. The van der Waals surface area contributed by atoms with E-state index in [1.54, 1.807) is 7.05 Å². The van der Waals surface area contributed by atoms with Gasteiger partial charge in [-0.2, -0.15) is 0 Å². The van der Waals surface area contributed by atoms with Crippen LogP contribution in [0.15, 0.2) is 24.3 Å². The Bertz CT molecular complexity index is 390. The molecule has 1 aromatic carbocycles. The van der Waals surface area contributed by atoms with Crippen LogP contribution in [0.3, 0.4) is 0 Å². The van der Waals surface area contributed by atoms with E-state index in [0.29, 0.717) is 18.9 Å². The van der Waals surface area contributed by atoms with Crippen LogP contribution in [-0.4, -0.2) is 30.8 Å². The Hall–Kier alpha value is -1.55. The van der Waals surface area contributed by atoms with Gasteiger partial charge in [0.25, 0.3) is 0 Å². The lowest BCUT2D eigenvalue weighted by Crippen LogP contribution is -2.35. The number of carbonyl (C=O) groups is 1. The fourth-order valence-electron chi connectivity index (χ4n) is 1.65. The summed E-state index contributed by atoms with van der Waals surface area (Å²) in [4.78, 5) is 10.8. The molecule has 0 aliphatic heterocycles. The molecule has 0 heterocycles. The van der Waals surface area contributed by atoms with Crippen molar-refractivity contribution in [3.8, 4) is 5.75 Å². The second kappa shape index (κ2) is 7.01. The van der Waals surface area contributed by atoms with Gasteiger partial charge in [-0.05, 0) is 30.7 Å². The minimum Gasteiger partial charge on any atom is -0.494 e. The molecule has 1 rings (SSSR count). The second-order valence-electron chi connectivity index (χ2n) is 4.54. The van der Waals surface area contributed by atoms with Gasteiger partial charge in [0, 0.05) is 6.42 Å². The quantitative estimate of drug-likeness (QED) is 0.780. The summed E-state index contributed by atoms with van der Waals surface area (Å²) in [6, 6.07) is 7.35. The first-order valence-corrected chi connectivity index (χ1v) is 6.17. The molecule has 100 valence electrons. The van der Waals surface area contributed by atoms with Crippen LogP contribution in [0.2, 0.25) is 0 Å². The summed E-state index contributed by atoms with van der Waals surface area (Å²) in [7, 11) is 1.64. The van der Waals surface area contributed by atoms with Gasteiger partial charge in [0.2, 0.25) is 0 Å². The molecule has 0 spiro atoms. The van der Waals surface area contributed by atoms with Crippen LogP contribution in [0, 0.1) is 0 Å². The van der Waals surface area contributed by atoms with Crippen LogP contribution in [0.1, 0.15) is 31.7 Å². The summed E-state index contributed by atoms with van der Waals surface area (Å²) in [5.74, 6) is 0.399. The molecule has 0 saturated heterocycles. The number of rotatable bonds is 7. The van der Waals surface area contributed by atoms with E-state index < -0.39 is 12.0 Å². The summed E-state index contributed by atoms with van der Waals surface area (Å²) >= 11 is 0. The van der Waals surface area contributed by atoms with E-state index >= 15 is 0 Å². The van der Waals surface area contributed by atoms with Crippen LogP contribution < -0.4 is 10.1 Å². The topological polar surface area (TPSA) is 58.6 Å². The Kier molecular flexibility index (Phi) is 5.65. The lowest BCUT2D eigenvalue weighted by molar-refractivity contribution is -0.139. The van der Waals surface area contributed by atoms with Gasteiger partial charge in [-0.15, -0.1) is 0 Å². The van der Waals surface area contributed by atoms with E-state index in [-0.39, 0.29) is 0 Å². The van der Waals surface area contributed by atoms with E-state index in [0.717, 1.165) is 5.75 Å². The molecule has 0 bridgehead atoms. The third kappa shape index (κ3) is 4.37. The Balaban J connectivity index is 2.48. The highest BCUT2D eigenvalue weighted by Crippen LogP contribution is 2.20. The lowest BCUT2D eigenvalue weighted by atomic mass is 10.0. The predicted molar refractivity (Wildman–Crippen MR) is 71.1 cm³/mol. The highest BCUT2D eigenvalue weighted by Gasteiger charge is 2.14. The minimum atomic E-state index is -0.850. The van der Waals surface area contributed by atoms with Crippen LogP contribution in [0.4, 0.5) is 0 Å². The fraction of sp³-hybridized carbons (Fsp3) is 0.500. The van der Waals surface area contributed by atoms with E-state index in [9.17, 15) is 4.79 Å². The van der Waals surface area contributed by atoms with Gasteiger partial charge >= 0.3 is 5.97 Å². The molecule has 1 aromatic rings. The fourth-order valence-corrected chi connectivity index (χ4v) is 1.65. The number of hydrogen-bond acceptors (Lipinski definition) is 3. The predicted octanol–water partition coefficient (Wildman–Crippen LogP) is 2.25. The maximum Gasteiger partial charge on any atom is 0.320 e. The number of likely N-dealkylation sites (N-methyl/N-ethyl adjacent to an activating group) is 1. The Labute approximate surface area is 108 Å². The van der Waals surface area contributed by atoms with Crippen molar-refractivity contribution in [2.24, 2.45) is 0 Å². The van der Waals surface area contributed by atoms with Crippen molar-refractivity contribution in [2.75, 3.05) is 13.7 Å². The summed E-state index contributed by atoms with van der Waals surface area (Å²) < 4.78 is 5.58. The smallest absolute Gasteiger partial charge is 0.320 e. The maximum atomic E-state index is 10.8. The van der Waals surface area contributed by atoms with Gasteiger partial charge in [-0.25, -0.2) is 0 Å². The molecule has 1 atom stereocenters. The number of hydrogen-bond donors (Lipinski definition) is 2. The van der Waals surface area contributed by atoms with Gasteiger partial charge in [0.1, 0.15) is 11.8 Å². The molecular formula is C14H21NO3. The van der Waals surface area contributed by atoms with Gasteiger partial charge in [0.05, 0.1) is 6.61 Å². The maximum absolute atomic E-state index is 10.8. The summed E-state index contributed by atoms with van der Waals surface area (Å²) in [6.45, 7) is 4.64. The van der Waals surface area contributed by atoms with Gasteiger partial charge in [-0.1, -0.05) is 26.0 Å². The zero-order valence-electron chi connectivity index (χ0n) is 11.1. The van der Waals surface area contributed by atoms with E-state index in [1.807, 2.05) is 18.2 Å². The first-order chi connectivity index (χ1) is 8.54. The standard InChI is InChI=1S/C14H21NO3/c1-10(2)11-5-4-6-12(9-11)18-8-7-13(15-3)14(16)17/h4-6,9-10,13,15H,7-8H2,1-3H3,(H,16,17). The molecule has 18 heavy (non-hydrogen) atoms. The molecule has 4 heteroatoms. The number of aliphatic carboxylic acids is 1. The third-order valence-corrected chi connectivity index (χ3v) is 2.85. The van der Waals surface area contributed by atoms with Crippen LogP contribution in [0.5, 0.6) is 5.75 Å². The molecule has 0 aliphatic rings. The second-order valence-corrected chi connectivity index (χ2v) is 4.54. The largest absolute Gasteiger partial charge is 0.494 e. The molecule has 0 radical (unpaired) electrons. The molecule has 2 N–H and O–H groups in total. The normalized spacial score (nSPS) is 12.4. The molecule has 4 nitrogen and oxygen atoms in total. The number of carboxylic acid groups (broad SMARTS) is 1. The zero-order valence-corrected chi connectivity index (χ0v) is 11.1. The average molecular weight is 251 g/mol. The van der Waals surface area contributed by atoms with Crippen molar-refractivity contribution < 1.29 is 14.6 Å². The lowest BCUT2D eigenvalue weighted by Gasteiger charge is -2.13. The Morgan fingerprint density at radius 2 is 2.17 bits per heavy atom. The Morgan fingerprint density at radius 1 is 1.44 bits per heavy atom. The number of benzene rings is 1. The van der Waals surface area contributed by atoms with Crippen LogP contribution >= 0.6 is 0 Å². The molecule has 0 aliphatic carbocycles. The van der Waals surface area contributed by atoms with E-state index in [1.165, 1.54) is 5.56 Å². The van der Waals surface area contributed by atoms with E-state index in [2.05, 4.69) is 25.2 Å². The number of nitrogens with one attached hydrogen (secondary N) is 1. The minimum absolute atomic E-state index is 0.388. The number of ether oxygens (including phenoxy) is 1. The summed E-state index contributed by atoms with van der Waals surface area (Å²) in [5.41, 5.74) is 1.22. The number of carboxylic acids is 1. The molecular weight excluding hydrogens is 230 g/mol. The van der Waals surface area contributed by atoms with Crippen molar-refractivity contribution in [1.82, 2.24) is 5.32 Å². The molecule has 0 saturated carbocycles. The first kappa shape index (κ1) is 14.5. The first-order valence-electron chi connectivity index (χ1n) is 6.17. The van der Waals surface area contributed by atoms with Crippen molar-refractivity contribution in [3.63, 3.8) is 0 Å². The van der Waals surface area contributed by atoms with Gasteiger partial charge < -0.3 is 15.2 Å².